The van der Waals surface area contributed by atoms with E-state index in [9.17, 15) is 4.79 Å². The molecular formula is C12H17N3O. The molecule has 0 aromatic carbocycles. The summed E-state index contributed by atoms with van der Waals surface area (Å²) in [5.74, 6) is 0.291. The van der Waals surface area contributed by atoms with Gasteiger partial charge in [0.2, 0.25) is 5.91 Å². The van der Waals surface area contributed by atoms with Gasteiger partial charge < -0.3 is 10.6 Å². The highest BCUT2D eigenvalue weighted by atomic mass is 16.1. The topological polar surface area (TPSA) is 54.0 Å². The Kier molecular flexibility index (Phi) is 3.88. The first-order valence-electron chi connectivity index (χ1n) is 5.73. The summed E-state index contributed by atoms with van der Waals surface area (Å²) in [5.41, 5.74) is 1.09. The van der Waals surface area contributed by atoms with E-state index in [4.69, 9.17) is 0 Å². The van der Waals surface area contributed by atoms with Gasteiger partial charge in [0.1, 0.15) is 0 Å². The maximum atomic E-state index is 11.8. The highest BCUT2D eigenvalue weighted by Gasteiger charge is 2.20. The molecule has 1 amide bonds. The zero-order valence-corrected chi connectivity index (χ0v) is 9.28. The Labute approximate surface area is 95.5 Å². The van der Waals surface area contributed by atoms with Gasteiger partial charge in [-0.3, -0.25) is 9.78 Å². The van der Waals surface area contributed by atoms with Gasteiger partial charge in [-0.1, -0.05) is 0 Å². The summed E-state index contributed by atoms with van der Waals surface area (Å²) >= 11 is 0. The summed E-state index contributed by atoms with van der Waals surface area (Å²) in [6, 6.07) is 3.83. The van der Waals surface area contributed by atoms with Crippen LogP contribution in [0.3, 0.4) is 0 Å². The number of piperidine rings is 1. The molecule has 1 aliphatic rings. The van der Waals surface area contributed by atoms with Crippen molar-refractivity contribution in [1.82, 2.24) is 15.6 Å². The summed E-state index contributed by atoms with van der Waals surface area (Å²) in [4.78, 5) is 15.7. The minimum atomic E-state index is 0.135. The molecule has 0 aliphatic carbocycles. The molecule has 1 fully saturated rings. The second-order valence-corrected chi connectivity index (χ2v) is 4.12. The molecule has 2 N–H and O–H groups in total. The number of nitrogens with zero attached hydrogens (tertiary/aromatic N) is 1. The third-order valence-corrected chi connectivity index (χ3v) is 2.88. The summed E-state index contributed by atoms with van der Waals surface area (Å²) in [6.45, 7) is 2.44. The summed E-state index contributed by atoms with van der Waals surface area (Å²) in [7, 11) is 0. The van der Waals surface area contributed by atoms with E-state index in [1.807, 2.05) is 12.1 Å². The SMILES string of the molecule is O=C(NCc1ccncc1)[C@H]1CCCNC1. The quantitative estimate of drug-likeness (QED) is 0.786. The van der Waals surface area contributed by atoms with Gasteiger partial charge in [0.15, 0.2) is 0 Å². The third-order valence-electron chi connectivity index (χ3n) is 2.88. The van der Waals surface area contributed by atoms with Gasteiger partial charge in [-0.2, -0.15) is 0 Å². The fraction of sp³-hybridized carbons (Fsp3) is 0.500. The molecule has 1 aromatic rings. The average Bonchev–Trinajstić information content (AvgIpc) is 2.38. The monoisotopic (exact) mass is 219 g/mol. The Morgan fingerprint density at radius 1 is 1.50 bits per heavy atom. The van der Waals surface area contributed by atoms with Gasteiger partial charge in [0, 0.05) is 25.5 Å². The number of aromatic nitrogens is 1. The summed E-state index contributed by atoms with van der Waals surface area (Å²) < 4.78 is 0. The molecule has 0 radical (unpaired) electrons. The Morgan fingerprint density at radius 3 is 3.00 bits per heavy atom. The van der Waals surface area contributed by atoms with Crippen molar-refractivity contribution in [3.63, 3.8) is 0 Å². The first-order valence-corrected chi connectivity index (χ1v) is 5.73. The van der Waals surface area contributed by atoms with Crippen LogP contribution in [-0.2, 0) is 11.3 Å². The van der Waals surface area contributed by atoms with Crippen LogP contribution in [0.4, 0.5) is 0 Å². The summed E-state index contributed by atoms with van der Waals surface area (Å²) in [6.07, 6.45) is 5.57. The number of carbonyl (C=O) groups excluding carboxylic acids is 1. The van der Waals surface area contributed by atoms with Gasteiger partial charge in [0.05, 0.1) is 5.92 Å². The number of rotatable bonds is 3. The van der Waals surface area contributed by atoms with Crippen LogP contribution in [0.2, 0.25) is 0 Å². The van der Waals surface area contributed by atoms with E-state index in [0.29, 0.717) is 6.54 Å². The Bertz CT molecular complexity index is 333. The molecule has 0 unspecified atom stereocenters. The number of hydrogen-bond acceptors (Lipinski definition) is 3. The minimum Gasteiger partial charge on any atom is -0.352 e. The van der Waals surface area contributed by atoms with Crippen LogP contribution in [0.25, 0.3) is 0 Å². The van der Waals surface area contributed by atoms with Crippen LogP contribution in [0.1, 0.15) is 18.4 Å². The lowest BCUT2D eigenvalue weighted by atomic mass is 9.99. The average molecular weight is 219 g/mol. The van der Waals surface area contributed by atoms with Crippen LogP contribution in [0.15, 0.2) is 24.5 Å². The van der Waals surface area contributed by atoms with Gasteiger partial charge >= 0.3 is 0 Å². The van der Waals surface area contributed by atoms with Crippen LogP contribution in [0, 0.1) is 5.92 Å². The van der Waals surface area contributed by atoms with E-state index < -0.39 is 0 Å². The predicted molar refractivity (Wildman–Crippen MR) is 61.7 cm³/mol. The van der Waals surface area contributed by atoms with Crippen LogP contribution >= 0.6 is 0 Å². The Hall–Kier alpha value is -1.42. The van der Waals surface area contributed by atoms with Crippen molar-refractivity contribution in [2.24, 2.45) is 5.92 Å². The molecule has 0 bridgehead atoms. The second-order valence-electron chi connectivity index (χ2n) is 4.12. The van der Waals surface area contributed by atoms with Crippen molar-refractivity contribution in [3.8, 4) is 0 Å². The standard InChI is InChI=1S/C12H17N3O/c16-12(11-2-1-5-14-9-11)15-8-10-3-6-13-7-4-10/h3-4,6-7,11,14H,1-2,5,8-9H2,(H,15,16)/t11-/m0/s1. The maximum Gasteiger partial charge on any atom is 0.224 e. The molecule has 1 saturated heterocycles. The molecule has 0 saturated carbocycles. The molecule has 1 aromatic heterocycles. The maximum absolute atomic E-state index is 11.8. The van der Waals surface area contributed by atoms with Crippen molar-refractivity contribution in [1.29, 1.82) is 0 Å². The van der Waals surface area contributed by atoms with E-state index in [1.54, 1.807) is 12.4 Å². The van der Waals surface area contributed by atoms with E-state index in [1.165, 1.54) is 0 Å². The predicted octanol–water partition coefficient (Wildman–Crippen LogP) is 0.697. The fourth-order valence-electron chi connectivity index (χ4n) is 1.91. The Morgan fingerprint density at radius 2 is 2.31 bits per heavy atom. The molecular weight excluding hydrogens is 202 g/mol. The van der Waals surface area contributed by atoms with Crippen molar-refractivity contribution >= 4 is 5.91 Å². The molecule has 2 rings (SSSR count). The summed E-state index contributed by atoms with van der Waals surface area (Å²) in [5, 5.41) is 6.21. The molecule has 1 atom stereocenters. The van der Waals surface area contributed by atoms with Gasteiger partial charge in [-0.05, 0) is 37.1 Å². The number of nitrogens with one attached hydrogen (secondary N) is 2. The molecule has 1 aliphatic heterocycles. The zero-order valence-electron chi connectivity index (χ0n) is 9.28. The normalized spacial score (nSPS) is 20.4. The highest BCUT2D eigenvalue weighted by molar-refractivity contribution is 5.78. The zero-order chi connectivity index (χ0) is 11.2. The van der Waals surface area contributed by atoms with Crippen LogP contribution in [0.5, 0.6) is 0 Å². The molecule has 2 heterocycles. The van der Waals surface area contributed by atoms with Crippen molar-refractivity contribution < 1.29 is 4.79 Å². The lowest BCUT2D eigenvalue weighted by molar-refractivity contribution is -0.125. The first-order chi connectivity index (χ1) is 7.86. The Balaban J connectivity index is 1.79. The smallest absolute Gasteiger partial charge is 0.224 e. The van der Waals surface area contributed by atoms with Gasteiger partial charge in [0.25, 0.3) is 0 Å². The molecule has 86 valence electrons. The van der Waals surface area contributed by atoms with E-state index in [2.05, 4.69) is 15.6 Å². The van der Waals surface area contributed by atoms with Crippen LogP contribution in [-0.4, -0.2) is 24.0 Å². The van der Waals surface area contributed by atoms with Crippen molar-refractivity contribution in [2.45, 2.75) is 19.4 Å². The van der Waals surface area contributed by atoms with Crippen molar-refractivity contribution in [2.75, 3.05) is 13.1 Å². The van der Waals surface area contributed by atoms with Gasteiger partial charge in [-0.25, -0.2) is 0 Å². The number of carbonyl (C=O) groups is 1. The van der Waals surface area contributed by atoms with Gasteiger partial charge in [-0.15, -0.1) is 0 Å². The highest BCUT2D eigenvalue weighted by Crippen LogP contribution is 2.09. The third kappa shape index (κ3) is 3.03. The lowest BCUT2D eigenvalue weighted by Gasteiger charge is -2.21. The molecule has 16 heavy (non-hydrogen) atoms. The fourth-order valence-corrected chi connectivity index (χ4v) is 1.91. The van der Waals surface area contributed by atoms with Crippen molar-refractivity contribution in [3.05, 3.63) is 30.1 Å². The number of amides is 1. The number of pyridine rings is 1. The molecule has 4 heteroatoms. The first kappa shape index (κ1) is 11.1. The van der Waals surface area contributed by atoms with E-state index >= 15 is 0 Å². The lowest BCUT2D eigenvalue weighted by Crippen LogP contribution is -2.40. The second kappa shape index (κ2) is 5.61. The van der Waals surface area contributed by atoms with E-state index in [-0.39, 0.29) is 11.8 Å². The largest absolute Gasteiger partial charge is 0.352 e. The van der Waals surface area contributed by atoms with E-state index in [0.717, 1.165) is 31.5 Å². The van der Waals surface area contributed by atoms with Crippen LogP contribution < -0.4 is 10.6 Å². The molecule has 0 spiro atoms. The minimum absolute atomic E-state index is 0.135. The molecule has 4 nitrogen and oxygen atoms in total. The number of hydrogen-bond donors (Lipinski definition) is 2.